The number of anilines is 3. The number of urea groups is 1. The van der Waals surface area contributed by atoms with Crippen LogP contribution in [0.25, 0.3) is 0 Å². The molecule has 0 saturated heterocycles. The van der Waals surface area contributed by atoms with Crippen LogP contribution in [0.2, 0.25) is 0 Å². The van der Waals surface area contributed by atoms with Crippen molar-refractivity contribution >= 4 is 23.2 Å². The molecule has 0 aliphatic carbocycles. The highest BCUT2D eigenvalue weighted by atomic mass is 16.2. The predicted octanol–water partition coefficient (Wildman–Crippen LogP) is 3.79. The summed E-state index contributed by atoms with van der Waals surface area (Å²) in [5, 5.41) is 8.71. The summed E-state index contributed by atoms with van der Waals surface area (Å²) in [6.07, 6.45) is 1.71. The lowest BCUT2D eigenvalue weighted by atomic mass is 10.2. The Morgan fingerprint density at radius 3 is 2.43 bits per heavy atom. The average Bonchev–Trinajstić information content (AvgIpc) is 2.47. The molecule has 5 nitrogen and oxygen atoms in total. The zero-order chi connectivity index (χ0) is 15.1. The van der Waals surface area contributed by atoms with Gasteiger partial charge in [-0.25, -0.2) is 9.78 Å². The normalized spacial score (nSPS) is 10.2. The van der Waals surface area contributed by atoms with Crippen LogP contribution < -0.4 is 16.0 Å². The second-order valence-corrected chi connectivity index (χ2v) is 5.15. The first-order chi connectivity index (χ1) is 10.1. The summed E-state index contributed by atoms with van der Waals surface area (Å²) >= 11 is 0. The number of hydrogen-bond donors (Lipinski definition) is 3. The Balaban J connectivity index is 1.86. The summed E-state index contributed by atoms with van der Waals surface area (Å²) in [6.45, 7) is 5.18. The third kappa shape index (κ3) is 5.14. The van der Waals surface area contributed by atoms with E-state index in [-0.39, 0.29) is 6.03 Å². The summed E-state index contributed by atoms with van der Waals surface area (Å²) in [6, 6.07) is 12.6. The van der Waals surface area contributed by atoms with Gasteiger partial charge in [0.2, 0.25) is 0 Å². The van der Waals surface area contributed by atoms with Crippen molar-refractivity contribution in [2.75, 3.05) is 22.5 Å². The summed E-state index contributed by atoms with van der Waals surface area (Å²) < 4.78 is 0. The predicted molar refractivity (Wildman–Crippen MR) is 86.6 cm³/mol. The van der Waals surface area contributed by atoms with E-state index in [1.165, 1.54) is 0 Å². The monoisotopic (exact) mass is 284 g/mol. The molecule has 5 heteroatoms. The largest absolute Gasteiger partial charge is 0.384 e. The minimum Gasteiger partial charge on any atom is -0.384 e. The van der Waals surface area contributed by atoms with Crippen LogP contribution in [0.1, 0.15) is 13.8 Å². The third-order valence-electron chi connectivity index (χ3n) is 2.75. The van der Waals surface area contributed by atoms with Crippen molar-refractivity contribution in [2.24, 2.45) is 5.92 Å². The Labute approximate surface area is 124 Å². The molecule has 0 fully saturated rings. The van der Waals surface area contributed by atoms with Crippen LogP contribution in [0.15, 0.2) is 48.7 Å². The van der Waals surface area contributed by atoms with E-state index in [0.29, 0.717) is 11.7 Å². The van der Waals surface area contributed by atoms with Crippen molar-refractivity contribution in [2.45, 2.75) is 13.8 Å². The Morgan fingerprint density at radius 1 is 1.05 bits per heavy atom. The highest BCUT2D eigenvalue weighted by Gasteiger charge is 2.03. The van der Waals surface area contributed by atoms with E-state index in [0.717, 1.165) is 17.9 Å². The van der Waals surface area contributed by atoms with E-state index in [1.54, 1.807) is 12.3 Å². The fraction of sp³-hybridized carbons (Fsp3) is 0.250. The molecular formula is C16H20N4O. The first-order valence-electron chi connectivity index (χ1n) is 6.96. The number of pyridine rings is 1. The number of para-hydroxylation sites is 1. The van der Waals surface area contributed by atoms with Gasteiger partial charge in [0, 0.05) is 12.2 Å². The Bertz CT molecular complexity index is 567. The van der Waals surface area contributed by atoms with Gasteiger partial charge in [0.05, 0.1) is 11.9 Å². The summed E-state index contributed by atoms with van der Waals surface area (Å²) in [7, 11) is 0. The zero-order valence-electron chi connectivity index (χ0n) is 12.3. The molecule has 2 rings (SSSR count). The van der Waals surface area contributed by atoms with Crippen LogP contribution in [-0.4, -0.2) is 17.6 Å². The number of nitrogens with one attached hydrogen (secondary N) is 3. The van der Waals surface area contributed by atoms with Crippen LogP contribution in [0, 0.1) is 5.92 Å². The maximum Gasteiger partial charge on any atom is 0.324 e. The standard InChI is InChI=1S/C16H20N4O/c1-12(2)10-17-14-8-9-15(18-11-14)20-16(21)19-13-6-4-3-5-7-13/h3-9,11-12,17H,10H2,1-2H3,(H2,18,19,20,21). The van der Waals surface area contributed by atoms with Crippen LogP contribution in [0.4, 0.5) is 22.0 Å². The van der Waals surface area contributed by atoms with Crippen LogP contribution >= 0.6 is 0 Å². The highest BCUT2D eigenvalue weighted by Crippen LogP contribution is 2.11. The molecule has 0 bridgehead atoms. The summed E-state index contributed by atoms with van der Waals surface area (Å²) in [4.78, 5) is 16.0. The SMILES string of the molecule is CC(C)CNc1ccc(NC(=O)Nc2ccccc2)nc1. The lowest BCUT2D eigenvalue weighted by molar-refractivity contribution is 0.262. The molecule has 1 aromatic carbocycles. The molecule has 0 aliphatic heterocycles. The van der Waals surface area contributed by atoms with Gasteiger partial charge in [-0.1, -0.05) is 32.0 Å². The molecule has 2 amide bonds. The Hall–Kier alpha value is -2.56. The van der Waals surface area contributed by atoms with E-state index >= 15 is 0 Å². The van der Waals surface area contributed by atoms with Crippen molar-refractivity contribution < 1.29 is 4.79 Å². The minimum absolute atomic E-state index is 0.309. The number of hydrogen-bond acceptors (Lipinski definition) is 3. The highest BCUT2D eigenvalue weighted by molar-refractivity contribution is 5.99. The lowest BCUT2D eigenvalue weighted by Crippen LogP contribution is -2.20. The molecular weight excluding hydrogens is 264 g/mol. The molecule has 2 aromatic rings. The first kappa shape index (κ1) is 14.8. The lowest BCUT2D eigenvalue weighted by Gasteiger charge is -2.10. The number of benzene rings is 1. The second-order valence-electron chi connectivity index (χ2n) is 5.15. The number of rotatable bonds is 5. The molecule has 1 heterocycles. The fourth-order valence-electron chi connectivity index (χ4n) is 1.69. The van der Waals surface area contributed by atoms with Gasteiger partial charge in [-0.05, 0) is 30.2 Å². The smallest absolute Gasteiger partial charge is 0.324 e. The zero-order valence-corrected chi connectivity index (χ0v) is 12.3. The van der Waals surface area contributed by atoms with Crippen LogP contribution in [0.3, 0.4) is 0 Å². The number of carbonyl (C=O) groups is 1. The van der Waals surface area contributed by atoms with Gasteiger partial charge in [-0.3, -0.25) is 5.32 Å². The van der Waals surface area contributed by atoms with Crippen molar-refractivity contribution in [1.82, 2.24) is 4.98 Å². The number of aromatic nitrogens is 1. The Kier molecular flexibility index (Phi) is 5.15. The minimum atomic E-state index is -0.309. The van der Waals surface area contributed by atoms with E-state index in [9.17, 15) is 4.79 Å². The molecule has 110 valence electrons. The number of amides is 2. The molecule has 3 N–H and O–H groups in total. The van der Waals surface area contributed by atoms with Crippen molar-refractivity contribution in [3.8, 4) is 0 Å². The fourth-order valence-corrected chi connectivity index (χ4v) is 1.69. The van der Waals surface area contributed by atoms with E-state index in [2.05, 4.69) is 34.8 Å². The number of carbonyl (C=O) groups excluding carboxylic acids is 1. The van der Waals surface area contributed by atoms with Crippen LogP contribution in [0.5, 0.6) is 0 Å². The maximum absolute atomic E-state index is 11.8. The van der Waals surface area contributed by atoms with Gasteiger partial charge in [-0.15, -0.1) is 0 Å². The van der Waals surface area contributed by atoms with Gasteiger partial charge in [0.15, 0.2) is 0 Å². The topological polar surface area (TPSA) is 66.0 Å². The van der Waals surface area contributed by atoms with Gasteiger partial charge in [0.25, 0.3) is 0 Å². The van der Waals surface area contributed by atoms with E-state index in [4.69, 9.17) is 0 Å². The second kappa shape index (κ2) is 7.28. The quantitative estimate of drug-likeness (QED) is 0.782. The Morgan fingerprint density at radius 2 is 1.81 bits per heavy atom. The molecule has 0 spiro atoms. The molecule has 21 heavy (non-hydrogen) atoms. The third-order valence-corrected chi connectivity index (χ3v) is 2.75. The summed E-state index contributed by atoms with van der Waals surface area (Å²) in [5.74, 6) is 1.08. The van der Waals surface area contributed by atoms with Gasteiger partial charge in [0.1, 0.15) is 5.82 Å². The van der Waals surface area contributed by atoms with E-state index < -0.39 is 0 Å². The average molecular weight is 284 g/mol. The van der Waals surface area contributed by atoms with Crippen molar-refractivity contribution in [3.63, 3.8) is 0 Å². The molecule has 0 saturated carbocycles. The van der Waals surface area contributed by atoms with Crippen molar-refractivity contribution in [1.29, 1.82) is 0 Å². The van der Waals surface area contributed by atoms with Gasteiger partial charge < -0.3 is 10.6 Å². The summed E-state index contributed by atoms with van der Waals surface area (Å²) in [5.41, 5.74) is 1.68. The maximum atomic E-state index is 11.8. The molecule has 0 radical (unpaired) electrons. The molecule has 1 aromatic heterocycles. The van der Waals surface area contributed by atoms with Crippen molar-refractivity contribution in [3.05, 3.63) is 48.7 Å². The first-order valence-corrected chi connectivity index (χ1v) is 6.96. The number of nitrogens with zero attached hydrogens (tertiary/aromatic N) is 1. The van der Waals surface area contributed by atoms with Gasteiger partial charge in [-0.2, -0.15) is 0 Å². The molecule has 0 atom stereocenters. The van der Waals surface area contributed by atoms with Gasteiger partial charge >= 0.3 is 6.03 Å². The molecule has 0 unspecified atom stereocenters. The van der Waals surface area contributed by atoms with Crippen LogP contribution in [-0.2, 0) is 0 Å². The van der Waals surface area contributed by atoms with E-state index in [1.807, 2.05) is 36.4 Å². The molecule has 0 aliphatic rings.